The van der Waals surface area contributed by atoms with Crippen LogP contribution in [0.4, 0.5) is 0 Å². The van der Waals surface area contributed by atoms with E-state index in [0.717, 1.165) is 5.56 Å². The normalized spacial score (nSPS) is 16.9. The van der Waals surface area contributed by atoms with Gasteiger partial charge in [-0.15, -0.1) is 0 Å². The third-order valence-electron chi connectivity index (χ3n) is 6.06. The van der Waals surface area contributed by atoms with E-state index in [1.54, 1.807) is 42.7 Å². The average Bonchev–Trinajstić information content (AvgIpc) is 3.16. The first-order valence-corrected chi connectivity index (χ1v) is 12.9. The van der Waals surface area contributed by atoms with Gasteiger partial charge < -0.3 is 19.5 Å². The number of aromatic nitrogens is 1. The molecule has 0 bridgehead atoms. The molecule has 1 aliphatic heterocycles. The molecule has 1 aliphatic rings. The van der Waals surface area contributed by atoms with Crippen molar-refractivity contribution in [3.63, 3.8) is 0 Å². The molecule has 1 unspecified atom stereocenters. The first kappa shape index (κ1) is 26.9. The molecule has 0 aliphatic carbocycles. The molecule has 1 N–H and O–H groups in total. The maximum absolute atomic E-state index is 13.4. The first-order chi connectivity index (χ1) is 18.2. The molecule has 1 aromatic heterocycles. The average molecular weight is 515 g/mol. The number of hydrogen-bond acceptors (Lipinski definition) is 6. The van der Waals surface area contributed by atoms with Crippen LogP contribution in [0.1, 0.15) is 50.4 Å². The minimum absolute atomic E-state index is 0.0286. The molecule has 3 aromatic rings. The van der Waals surface area contributed by atoms with E-state index < -0.39 is 17.7 Å². The Bertz CT molecular complexity index is 1320. The van der Waals surface area contributed by atoms with E-state index in [9.17, 15) is 14.7 Å². The Morgan fingerprint density at radius 2 is 1.58 bits per heavy atom. The van der Waals surface area contributed by atoms with Crippen molar-refractivity contribution in [2.24, 2.45) is 11.8 Å². The lowest BCUT2D eigenvalue weighted by Gasteiger charge is -2.26. The number of rotatable bonds is 10. The summed E-state index contributed by atoms with van der Waals surface area (Å²) in [5.41, 5.74) is 1.88. The highest BCUT2D eigenvalue weighted by Gasteiger charge is 2.46. The number of ketones is 1. The quantitative estimate of drug-likeness (QED) is 0.210. The molecular formula is C31H34N2O5. The fraction of sp³-hybridized carbons (Fsp3) is 0.323. The molecule has 1 saturated heterocycles. The van der Waals surface area contributed by atoms with E-state index in [2.05, 4.69) is 18.8 Å². The molecule has 7 heteroatoms. The largest absolute Gasteiger partial charge is 0.507 e. The van der Waals surface area contributed by atoms with Gasteiger partial charge in [-0.05, 0) is 53.3 Å². The molecule has 38 heavy (non-hydrogen) atoms. The Kier molecular flexibility index (Phi) is 8.46. The highest BCUT2D eigenvalue weighted by molar-refractivity contribution is 6.46. The van der Waals surface area contributed by atoms with Crippen molar-refractivity contribution in [3.05, 3.63) is 95.3 Å². The van der Waals surface area contributed by atoms with Gasteiger partial charge in [0.15, 0.2) is 0 Å². The van der Waals surface area contributed by atoms with Crippen LogP contribution in [0.2, 0.25) is 0 Å². The Balaban J connectivity index is 1.79. The van der Waals surface area contributed by atoms with Crippen LogP contribution in [-0.2, 0) is 16.1 Å². The number of Topliss-reactive ketones (excluding diaryl/α,β-unsaturated/α-hetero) is 1. The van der Waals surface area contributed by atoms with Gasteiger partial charge >= 0.3 is 0 Å². The number of aliphatic hydroxyl groups excluding tert-OH is 1. The number of aliphatic hydroxyl groups is 1. The number of benzene rings is 2. The molecule has 0 saturated carbocycles. The van der Waals surface area contributed by atoms with Crippen LogP contribution in [0.3, 0.4) is 0 Å². The van der Waals surface area contributed by atoms with Crippen molar-refractivity contribution in [1.29, 1.82) is 0 Å². The van der Waals surface area contributed by atoms with Gasteiger partial charge in [0, 0.05) is 24.5 Å². The van der Waals surface area contributed by atoms with E-state index in [1.807, 2.05) is 44.2 Å². The van der Waals surface area contributed by atoms with Gasteiger partial charge in [-0.2, -0.15) is 0 Å². The molecule has 4 rings (SSSR count). The second-order valence-electron chi connectivity index (χ2n) is 10.3. The number of ether oxygens (including phenoxy) is 2. The van der Waals surface area contributed by atoms with Crippen LogP contribution in [0.25, 0.3) is 5.76 Å². The summed E-state index contributed by atoms with van der Waals surface area (Å²) in [6.45, 7) is 9.43. The predicted molar refractivity (Wildman–Crippen MR) is 146 cm³/mol. The number of nitrogens with zero attached hydrogens (tertiary/aromatic N) is 2. The summed E-state index contributed by atoms with van der Waals surface area (Å²) in [7, 11) is 0. The summed E-state index contributed by atoms with van der Waals surface area (Å²) in [5, 5.41) is 11.5. The number of pyridine rings is 1. The fourth-order valence-electron chi connectivity index (χ4n) is 4.27. The Morgan fingerprint density at radius 3 is 2.21 bits per heavy atom. The summed E-state index contributed by atoms with van der Waals surface area (Å²) in [6.07, 6.45) is 3.31. The van der Waals surface area contributed by atoms with Crippen LogP contribution in [0, 0.1) is 11.8 Å². The van der Waals surface area contributed by atoms with E-state index in [1.165, 1.54) is 4.90 Å². The van der Waals surface area contributed by atoms with Gasteiger partial charge in [-0.25, -0.2) is 0 Å². The zero-order valence-electron chi connectivity index (χ0n) is 22.3. The Labute approximate surface area is 223 Å². The fourth-order valence-corrected chi connectivity index (χ4v) is 4.27. The lowest BCUT2D eigenvalue weighted by atomic mass is 9.95. The zero-order valence-corrected chi connectivity index (χ0v) is 22.3. The number of carbonyl (C=O) groups is 2. The maximum atomic E-state index is 13.4. The van der Waals surface area contributed by atoms with E-state index in [-0.39, 0.29) is 17.9 Å². The third-order valence-corrected chi connectivity index (χ3v) is 6.06. The van der Waals surface area contributed by atoms with Crippen molar-refractivity contribution in [3.8, 4) is 11.5 Å². The monoisotopic (exact) mass is 514 g/mol. The van der Waals surface area contributed by atoms with E-state index in [4.69, 9.17) is 9.47 Å². The molecule has 0 spiro atoms. The number of likely N-dealkylation sites (tertiary alicyclic amines) is 1. The topological polar surface area (TPSA) is 89.0 Å². The molecule has 7 nitrogen and oxygen atoms in total. The first-order valence-electron chi connectivity index (χ1n) is 12.9. The molecular weight excluding hydrogens is 480 g/mol. The Morgan fingerprint density at radius 1 is 0.921 bits per heavy atom. The van der Waals surface area contributed by atoms with E-state index in [0.29, 0.717) is 47.7 Å². The van der Waals surface area contributed by atoms with Gasteiger partial charge in [0.05, 0.1) is 24.8 Å². The van der Waals surface area contributed by atoms with Gasteiger partial charge in [0.25, 0.3) is 11.7 Å². The van der Waals surface area contributed by atoms with Crippen LogP contribution < -0.4 is 9.47 Å². The lowest BCUT2D eigenvalue weighted by Crippen LogP contribution is -2.29. The van der Waals surface area contributed by atoms with Crippen molar-refractivity contribution < 1.29 is 24.2 Å². The second kappa shape index (κ2) is 11.9. The lowest BCUT2D eigenvalue weighted by molar-refractivity contribution is -0.140. The SMILES string of the molecule is CC(C)COc1cccc(/C(O)=C2/C(=O)C(=O)N(Cc3cccnc3)C2c2cccc(OCC(C)C)c2)c1. The van der Waals surface area contributed by atoms with Crippen LogP contribution in [-0.4, -0.2) is 39.9 Å². The highest BCUT2D eigenvalue weighted by Crippen LogP contribution is 2.41. The van der Waals surface area contributed by atoms with Gasteiger partial charge in [-0.3, -0.25) is 14.6 Å². The Hall–Kier alpha value is -4.13. The van der Waals surface area contributed by atoms with Crippen LogP contribution in [0.15, 0.2) is 78.6 Å². The summed E-state index contributed by atoms with van der Waals surface area (Å²) in [5.74, 6) is 0.209. The number of hydrogen-bond donors (Lipinski definition) is 1. The van der Waals surface area contributed by atoms with Crippen molar-refractivity contribution in [1.82, 2.24) is 9.88 Å². The molecule has 1 fully saturated rings. The smallest absolute Gasteiger partial charge is 0.295 e. The zero-order chi connectivity index (χ0) is 27.2. The minimum Gasteiger partial charge on any atom is -0.507 e. The summed E-state index contributed by atoms with van der Waals surface area (Å²) in [4.78, 5) is 32.4. The van der Waals surface area contributed by atoms with E-state index >= 15 is 0 Å². The van der Waals surface area contributed by atoms with Crippen molar-refractivity contribution in [2.45, 2.75) is 40.3 Å². The summed E-state index contributed by atoms with van der Waals surface area (Å²) >= 11 is 0. The van der Waals surface area contributed by atoms with Crippen molar-refractivity contribution >= 4 is 17.4 Å². The maximum Gasteiger partial charge on any atom is 0.295 e. The minimum atomic E-state index is -0.807. The predicted octanol–water partition coefficient (Wildman–Crippen LogP) is 5.77. The summed E-state index contributed by atoms with van der Waals surface area (Å²) in [6, 6.07) is 17.1. The van der Waals surface area contributed by atoms with Crippen molar-refractivity contribution in [2.75, 3.05) is 13.2 Å². The van der Waals surface area contributed by atoms with Gasteiger partial charge in [-0.1, -0.05) is 58.0 Å². The second-order valence-corrected chi connectivity index (χ2v) is 10.3. The number of amides is 1. The standard InChI is InChI=1S/C31H34N2O5/c1-20(2)18-37-25-11-5-9-23(14-25)28-27(29(34)24-10-6-12-26(15-24)38-19-21(3)4)30(35)31(36)33(28)17-22-8-7-13-32-16-22/h5-16,20-21,28,34H,17-19H2,1-4H3/b29-27-. The summed E-state index contributed by atoms with van der Waals surface area (Å²) < 4.78 is 11.7. The van der Waals surface area contributed by atoms with Crippen LogP contribution in [0.5, 0.6) is 11.5 Å². The third kappa shape index (κ3) is 6.22. The number of carbonyl (C=O) groups excluding carboxylic acids is 2. The highest BCUT2D eigenvalue weighted by atomic mass is 16.5. The van der Waals surface area contributed by atoms with Gasteiger partial charge in [0.1, 0.15) is 17.3 Å². The molecule has 1 amide bonds. The molecule has 2 heterocycles. The molecule has 198 valence electrons. The molecule has 1 atom stereocenters. The van der Waals surface area contributed by atoms with Gasteiger partial charge in [0.2, 0.25) is 0 Å². The molecule has 2 aromatic carbocycles. The van der Waals surface area contributed by atoms with Crippen LogP contribution >= 0.6 is 0 Å². The molecule has 0 radical (unpaired) electrons.